The molecule has 1 heterocycles. The van der Waals surface area contributed by atoms with Gasteiger partial charge < -0.3 is 5.32 Å². The first-order chi connectivity index (χ1) is 13.2. The van der Waals surface area contributed by atoms with Crippen molar-refractivity contribution in [2.45, 2.75) is 0 Å². The molecule has 1 aromatic heterocycles. The Morgan fingerprint density at radius 1 is 0.778 bits per heavy atom. The number of carbonyl (C=O) groups excluding carboxylic acids is 2. The summed E-state index contributed by atoms with van der Waals surface area (Å²) in [4.78, 5) is 24.8. The van der Waals surface area contributed by atoms with Crippen LogP contribution in [0.25, 0.3) is 10.8 Å². The first-order valence-electron chi connectivity index (χ1n) is 8.26. The van der Waals surface area contributed by atoms with Crippen LogP contribution in [0.4, 0.5) is 5.69 Å². The second-order valence-electron chi connectivity index (χ2n) is 5.87. The normalized spacial score (nSPS) is 10.5. The maximum Gasteiger partial charge on any atom is 0.270 e. The highest BCUT2D eigenvalue weighted by molar-refractivity contribution is 6.13. The Morgan fingerprint density at radius 3 is 2.26 bits per heavy atom. The van der Waals surface area contributed by atoms with E-state index in [4.69, 9.17) is 0 Å². The minimum absolute atomic E-state index is 0.200. The summed E-state index contributed by atoms with van der Waals surface area (Å²) in [5, 5.41) is 12.0. The van der Waals surface area contributed by atoms with Crippen molar-refractivity contribution in [1.29, 1.82) is 0 Å². The molecule has 0 bridgehead atoms. The molecule has 0 fully saturated rings. The topological polar surface area (TPSA) is 88.9 Å². The van der Waals surface area contributed by atoms with E-state index in [0.29, 0.717) is 16.8 Å². The van der Waals surface area contributed by atoms with E-state index in [9.17, 15) is 9.59 Å². The molecule has 27 heavy (non-hydrogen) atoms. The zero-order chi connectivity index (χ0) is 18.6. The molecule has 2 N–H and O–H groups in total. The third kappa shape index (κ3) is 3.52. The van der Waals surface area contributed by atoms with Gasteiger partial charge in [0, 0.05) is 16.8 Å². The van der Waals surface area contributed by atoms with Gasteiger partial charge in [0.25, 0.3) is 11.8 Å². The summed E-state index contributed by atoms with van der Waals surface area (Å²) in [6.45, 7) is 0. The molecule has 3 aromatic carbocycles. The molecule has 2 amide bonds. The van der Waals surface area contributed by atoms with E-state index in [1.54, 1.807) is 30.3 Å². The van der Waals surface area contributed by atoms with E-state index in [0.717, 1.165) is 10.8 Å². The minimum Gasteiger partial charge on any atom is -0.322 e. The molecular formula is C20H15N5O2. The van der Waals surface area contributed by atoms with E-state index in [1.165, 1.54) is 17.3 Å². The number of hydrogen-bond donors (Lipinski definition) is 2. The summed E-state index contributed by atoms with van der Waals surface area (Å²) >= 11 is 0. The zero-order valence-electron chi connectivity index (χ0n) is 14.2. The van der Waals surface area contributed by atoms with Crippen LogP contribution in [0.1, 0.15) is 20.7 Å². The Morgan fingerprint density at radius 2 is 1.48 bits per heavy atom. The molecule has 0 aliphatic rings. The van der Waals surface area contributed by atoms with Crippen LogP contribution in [-0.4, -0.2) is 26.7 Å². The first kappa shape index (κ1) is 16.5. The number of carbonyl (C=O) groups is 2. The van der Waals surface area contributed by atoms with Gasteiger partial charge in [0.2, 0.25) is 0 Å². The molecule has 132 valence electrons. The quantitative estimate of drug-likeness (QED) is 0.587. The molecule has 0 atom stereocenters. The molecule has 0 saturated heterocycles. The Bertz CT molecular complexity index is 1100. The van der Waals surface area contributed by atoms with Crippen molar-refractivity contribution in [3.05, 3.63) is 90.5 Å². The third-order valence-electron chi connectivity index (χ3n) is 4.09. The summed E-state index contributed by atoms with van der Waals surface area (Å²) in [6.07, 6.45) is 2.77. The van der Waals surface area contributed by atoms with Crippen LogP contribution in [0.2, 0.25) is 0 Å². The lowest BCUT2D eigenvalue weighted by Gasteiger charge is -2.09. The number of amides is 2. The molecular weight excluding hydrogens is 342 g/mol. The summed E-state index contributed by atoms with van der Waals surface area (Å²) in [5.41, 5.74) is 4.27. The monoisotopic (exact) mass is 357 g/mol. The number of nitrogens with zero attached hydrogens (tertiary/aromatic N) is 3. The fraction of sp³-hybridized carbons (Fsp3) is 0. The van der Waals surface area contributed by atoms with Crippen molar-refractivity contribution < 1.29 is 9.59 Å². The number of rotatable bonds is 4. The van der Waals surface area contributed by atoms with Crippen LogP contribution in [0.5, 0.6) is 0 Å². The third-order valence-corrected chi connectivity index (χ3v) is 4.09. The van der Waals surface area contributed by atoms with Gasteiger partial charge in [-0.15, -0.1) is 10.2 Å². The number of nitrogens with one attached hydrogen (secondary N) is 2. The molecule has 4 aromatic rings. The van der Waals surface area contributed by atoms with Gasteiger partial charge in [-0.05, 0) is 41.1 Å². The van der Waals surface area contributed by atoms with Crippen molar-refractivity contribution in [3.8, 4) is 0 Å². The van der Waals surface area contributed by atoms with Gasteiger partial charge in [-0.25, -0.2) is 4.68 Å². The lowest BCUT2D eigenvalue weighted by molar-refractivity contribution is 0.100. The van der Waals surface area contributed by atoms with Crippen molar-refractivity contribution in [1.82, 2.24) is 14.9 Å². The van der Waals surface area contributed by atoms with Crippen LogP contribution < -0.4 is 10.7 Å². The van der Waals surface area contributed by atoms with Crippen molar-refractivity contribution >= 4 is 28.3 Å². The van der Waals surface area contributed by atoms with Gasteiger partial charge in [0.1, 0.15) is 12.7 Å². The second-order valence-corrected chi connectivity index (χ2v) is 5.87. The highest BCUT2D eigenvalue weighted by Gasteiger charge is 2.11. The lowest BCUT2D eigenvalue weighted by Crippen LogP contribution is -2.21. The van der Waals surface area contributed by atoms with Crippen molar-refractivity contribution in [2.24, 2.45) is 0 Å². The standard InChI is InChI=1S/C20H15N5O2/c26-19(24-25-12-21-22-13-25)15-8-10-16(11-9-15)23-20(27)18-7-3-5-14-4-1-2-6-17(14)18/h1-13H,(H,23,27)(H,24,26). The maximum absolute atomic E-state index is 12.7. The van der Waals surface area contributed by atoms with E-state index in [2.05, 4.69) is 20.9 Å². The average molecular weight is 357 g/mol. The van der Waals surface area contributed by atoms with Gasteiger partial charge in [0.05, 0.1) is 0 Å². The van der Waals surface area contributed by atoms with E-state index < -0.39 is 0 Å². The van der Waals surface area contributed by atoms with E-state index in [1.807, 2.05) is 36.4 Å². The zero-order valence-corrected chi connectivity index (χ0v) is 14.2. The van der Waals surface area contributed by atoms with Gasteiger partial charge in [-0.1, -0.05) is 36.4 Å². The van der Waals surface area contributed by atoms with Crippen LogP contribution in [0.3, 0.4) is 0 Å². The lowest BCUT2D eigenvalue weighted by atomic mass is 10.0. The maximum atomic E-state index is 12.7. The minimum atomic E-state index is -0.304. The smallest absolute Gasteiger partial charge is 0.270 e. The first-order valence-corrected chi connectivity index (χ1v) is 8.26. The Labute approximate surface area is 154 Å². The van der Waals surface area contributed by atoms with Gasteiger partial charge >= 0.3 is 0 Å². The number of aromatic nitrogens is 3. The predicted molar refractivity (Wildman–Crippen MR) is 102 cm³/mol. The molecule has 7 heteroatoms. The second kappa shape index (κ2) is 7.09. The molecule has 0 spiro atoms. The number of benzene rings is 3. The van der Waals surface area contributed by atoms with Gasteiger partial charge in [0.15, 0.2) is 0 Å². The molecule has 0 aliphatic carbocycles. The Kier molecular flexibility index (Phi) is 4.32. The van der Waals surface area contributed by atoms with Crippen molar-refractivity contribution in [3.63, 3.8) is 0 Å². The number of anilines is 1. The van der Waals surface area contributed by atoms with Gasteiger partial charge in [-0.2, -0.15) is 0 Å². The van der Waals surface area contributed by atoms with Crippen molar-refractivity contribution in [2.75, 3.05) is 10.7 Å². The van der Waals surface area contributed by atoms with E-state index >= 15 is 0 Å². The average Bonchev–Trinajstić information content (AvgIpc) is 3.21. The van der Waals surface area contributed by atoms with Crippen LogP contribution in [0.15, 0.2) is 79.4 Å². The van der Waals surface area contributed by atoms with Crippen LogP contribution >= 0.6 is 0 Å². The summed E-state index contributed by atoms with van der Waals surface area (Å²) in [5.74, 6) is -0.504. The molecule has 0 aliphatic heterocycles. The van der Waals surface area contributed by atoms with Gasteiger partial charge in [-0.3, -0.25) is 15.0 Å². The molecule has 0 saturated carbocycles. The van der Waals surface area contributed by atoms with Crippen LogP contribution in [0, 0.1) is 0 Å². The number of fused-ring (bicyclic) bond motifs is 1. The Balaban J connectivity index is 1.49. The van der Waals surface area contributed by atoms with E-state index in [-0.39, 0.29) is 11.8 Å². The summed E-state index contributed by atoms with van der Waals surface area (Å²) in [7, 11) is 0. The SMILES string of the molecule is O=C(Nn1cnnc1)c1ccc(NC(=O)c2cccc3ccccc23)cc1. The highest BCUT2D eigenvalue weighted by atomic mass is 16.2. The Hall–Kier alpha value is -4.00. The molecule has 7 nitrogen and oxygen atoms in total. The fourth-order valence-corrected chi connectivity index (χ4v) is 2.77. The molecule has 4 rings (SSSR count). The van der Waals surface area contributed by atoms with Crippen LogP contribution in [-0.2, 0) is 0 Å². The number of hydrogen-bond acceptors (Lipinski definition) is 4. The largest absolute Gasteiger partial charge is 0.322 e. The fourth-order valence-electron chi connectivity index (χ4n) is 2.77. The summed E-state index contributed by atoms with van der Waals surface area (Å²) < 4.78 is 1.36. The molecule has 0 radical (unpaired) electrons. The summed E-state index contributed by atoms with van der Waals surface area (Å²) in [6, 6.07) is 20.0. The highest BCUT2D eigenvalue weighted by Crippen LogP contribution is 2.20. The molecule has 0 unspecified atom stereocenters. The predicted octanol–water partition coefficient (Wildman–Crippen LogP) is 3.07.